The van der Waals surface area contributed by atoms with E-state index in [1.54, 1.807) is 0 Å². The highest BCUT2D eigenvalue weighted by Crippen LogP contribution is 2.38. The Balaban J connectivity index is 1.85. The van der Waals surface area contributed by atoms with E-state index in [4.69, 9.17) is 4.98 Å². The van der Waals surface area contributed by atoms with E-state index in [2.05, 4.69) is 52.5 Å². The van der Waals surface area contributed by atoms with Crippen LogP contribution in [0.25, 0.3) is 27.9 Å². The van der Waals surface area contributed by atoms with Crippen LogP contribution in [0, 0.1) is 5.92 Å². The molecule has 0 fully saturated rings. The summed E-state index contributed by atoms with van der Waals surface area (Å²) in [5.74, 6) is 0.311. The third kappa shape index (κ3) is 1.59. The minimum atomic E-state index is 0.0911. The molecule has 2 aromatic heterocycles. The highest BCUT2D eigenvalue weighted by atomic mass is 14.9. The summed E-state index contributed by atoms with van der Waals surface area (Å²) in [4.78, 5) is 14.1. The van der Waals surface area contributed by atoms with Gasteiger partial charge in [0.2, 0.25) is 0 Å². The number of dihydropyridines is 1. The van der Waals surface area contributed by atoms with Crippen molar-refractivity contribution in [1.82, 2.24) is 9.97 Å². The first-order valence-corrected chi connectivity index (χ1v) is 7.47. The third-order valence-electron chi connectivity index (χ3n) is 4.43. The van der Waals surface area contributed by atoms with Crippen LogP contribution >= 0.6 is 0 Å². The molecule has 0 N–H and O–H groups in total. The molecule has 3 heteroatoms. The SMILES string of the molecule is C1=CC2C=Cc3cc4ccc5cccnc5c4nc3C2N=C1. The minimum absolute atomic E-state index is 0.0911. The number of benzene rings is 1. The second-order valence-corrected chi connectivity index (χ2v) is 5.74. The second-order valence-electron chi connectivity index (χ2n) is 5.74. The van der Waals surface area contributed by atoms with Crippen LogP contribution < -0.4 is 0 Å². The summed E-state index contributed by atoms with van der Waals surface area (Å²) in [7, 11) is 0. The fourth-order valence-corrected chi connectivity index (χ4v) is 3.34. The molecule has 3 heterocycles. The van der Waals surface area contributed by atoms with Crippen molar-refractivity contribution >= 4 is 34.1 Å². The summed E-state index contributed by atoms with van der Waals surface area (Å²) in [5, 5.41) is 2.25. The molecule has 1 aromatic carbocycles. The minimum Gasteiger partial charge on any atom is -0.282 e. The molecule has 2 aliphatic rings. The number of allylic oxidation sites excluding steroid dienone is 1. The van der Waals surface area contributed by atoms with Gasteiger partial charge in [-0.1, -0.05) is 36.4 Å². The lowest BCUT2D eigenvalue weighted by molar-refractivity contribution is 0.596. The van der Waals surface area contributed by atoms with E-state index in [0.717, 1.165) is 33.1 Å². The van der Waals surface area contributed by atoms with Gasteiger partial charge in [0, 0.05) is 29.1 Å². The van der Waals surface area contributed by atoms with Crippen molar-refractivity contribution < 1.29 is 0 Å². The number of aromatic nitrogens is 2. The topological polar surface area (TPSA) is 38.1 Å². The van der Waals surface area contributed by atoms with Crippen molar-refractivity contribution in [3.05, 3.63) is 66.0 Å². The molecule has 3 aromatic rings. The predicted octanol–water partition coefficient (Wildman–Crippen LogP) is 4.11. The fourth-order valence-electron chi connectivity index (χ4n) is 3.34. The van der Waals surface area contributed by atoms with E-state index in [1.165, 1.54) is 0 Å². The number of nitrogens with zero attached hydrogens (tertiary/aromatic N) is 3. The largest absolute Gasteiger partial charge is 0.282 e. The Bertz CT molecular complexity index is 998. The summed E-state index contributed by atoms with van der Waals surface area (Å²) in [6, 6.07) is 10.6. The van der Waals surface area contributed by atoms with Gasteiger partial charge in [0.15, 0.2) is 0 Å². The van der Waals surface area contributed by atoms with Gasteiger partial charge in [-0.2, -0.15) is 0 Å². The molecule has 0 amide bonds. The third-order valence-corrected chi connectivity index (χ3v) is 4.43. The number of pyridine rings is 2. The summed E-state index contributed by atoms with van der Waals surface area (Å²) < 4.78 is 0. The first-order chi connectivity index (χ1) is 10.9. The Morgan fingerprint density at radius 3 is 2.91 bits per heavy atom. The molecule has 0 radical (unpaired) electrons. The van der Waals surface area contributed by atoms with Crippen molar-refractivity contribution in [1.29, 1.82) is 0 Å². The molecule has 0 spiro atoms. The van der Waals surface area contributed by atoms with Crippen LogP contribution in [0.2, 0.25) is 0 Å². The standard InChI is InChI=1S/C19H13N3/c1-3-12-5-7-14-11-15-8-6-13-4-2-10-21-17(13)19(15)22-18(14)16(12)20-9-1/h1-12,16H. The van der Waals surface area contributed by atoms with Gasteiger partial charge in [-0.25, -0.2) is 4.98 Å². The smallest absolute Gasteiger partial charge is 0.102 e. The number of fused-ring (bicyclic) bond motifs is 6. The zero-order valence-electron chi connectivity index (χ0n) is 11.8. The number of aliphatic imine (C=N–C) groups is 1. The number of rotatable bonds is 0. The molecule has 22 heavy (non-hydrogen) atoms. The predicted molar refractivity (Wildman–Crippen MR) is 89.9 cm³/mol. The summed E-state index contributed by atoms with van der Waals surface area (Å²) in [5.41, 5.74) is 4.15. The Kier molecular flexibility index (Phi) is 2.33. The Hall–Kier alpha value is -2.81. The van der Waals surface area contributed by atoms with Crippen LogP contribution in [0.4, 0.5) is 0 Å². The normalized spacial score (nSPS) is 22.0. The maximum Gasteiger partial charge on any atom is 0.102 e. The number of hydrogen-bond acceptors (Lipinski definition) is 3. The summed E-state index contributed by atoms with van der Waals surface area (Å²) in [6.07, 6.45) is 12.3. The van der Waals surface area contributed by atoms with Crippen LogP contribution in [0.15, 0.2) is 59.7 Å². The monoisotopic (exact) mass is 283 g/mol. The van der Waals surface area contributed by atoms with Gasteiger partial charge >= 0.3 is 0 Å². The van der Waals surface area contributed by atoms with E-state index in [9.17, 15) is 0 Å². The molecule has 1 aliphatic heterocycles. The molecule has 2 atom stereocenters. The lowest BCUT2D eigenvalue weighted by Crippen LogP contribution is -2.16. The lowest BCUT2D eigenvalue weighted by atomic mass is 9.86. The molecule has 3 nitrogen and oxygen atoms in total. The van der Waals surface area contributed by atoms with Crippen LogP contribution in [0.5, 0.6) is 0 Å². The Morgan fingerprint density at radius 1 is 0.955 bits per heavy atom. The summed E-state index contributed by atoms with van der Waals surface area (Å²) in [6.45, 7) is 0. The van der Waals surface area contributed by atoms with Crippen molar-refractivity contribution in [3.63, 3.8) is 0 Å². The zero-order chi connectivity index (χ0) is 14.5. The average Bonchev–Trinajstić information content (AvgIpc) is 2.60. The van der Waals surface area contributed by atoms with Crippen molar-refractivity contribution in [3.8, 4) is 0 Å². The molecule has 104 valence electrons. The highest BCUT2D eigenvalue weighted by molar-refractivity contribution is 6.03. The molecular weight excluding hydrogens is 270 g/mol. The van der Waals surface area contributed by atoms with E-state index in [-0.39, 0.29) is 6.04 Å². The molecule has 0 saturated heterocycles. The molecule has 2 unspecified atom stereocenters. The first kappa shape index (κ1) is 11.8. The Labute approximate surface area is 127 Å². The highest BCUT2D eigenvalue weighted by Gasteiger charge is 2.27. The van der Waals surface area contributed by atoms with Crippen LogP contribution in [-0.2, 0) is 0 Å². The van der Waals surface area contributed by atoms with Crippen molar-refractivity contribution in [2.75, 3.05) is 0 Å². The average molecular weight is 283 g/mol. The molecule has 0 saturated carbocycles. The van der Waals surface area contributed by atoms with Gasteiger partial charge in [-0.05, 0) is 23.8 Å². The van der Waals surface area contributed by atoms with Crippen LogP contribution in [0.3, 0.4) is 0 Å². The van der Waals surface area contributed by atoms with E-state index in [1.807, 2.05) is 24.6 Å². The first-order valence-electron chi connectivity index (χ1n) is 7.47. The molecule has 5 rings (SSSR count). The van der Waals surface area contributed by atoms with Gasteiger partial charge < -0.3 is 0 Å². The quantitative estimate of drug-likeness (QED) is 0.582. The molecule has 0 bridgehead atoms. The van der Waals surface area contributed by atoms with E-state index >= 15 is 0 Å². The second kappa shape index (κ2) is 4.34. The van der Waals surface area contributed by atoms with Crippen molar-refractivity contribution in [2.24, 2.45) is 10.9 Å². The van der Waals surface area contributed by atoms with Crippen LogP contribution in [0.1, 0.15) is 17.3 Å². The maximum atomic E-state index is 4.97. The number of hydrogen-bond donors (Lipinski definition) is 0. The summed E-state index contributed by atoms with van der Waals surface area (Å²) >= 11 is 0. The van der Waals surface area contributed by atoms with Gasteiger partial charge in [0.25, 0.3) is 0 Å². The maximum absolute atomic E-state index is 4.97. The zero-order valence-corrected chi connectivity index (χ0v) is 11.8. The van der Waals surface area contributed by atoms with Crippen LogP contribution in [-0.4, -0.2) is 16.2 Å². The van der Waals surface area contributed by atoms with Gasteiger partial charge in [-0.15, -0.1) is 0 Å². The fraction of sp³-hybridized carbons (Fsp3) is 0.105. The van der Waals surface area contributed by atoms with E-state index in [0.29, 0.717) is 5.92 Å². The van der Waals surface area contributed by atoms with Crippen molar-refractivity contribution in [2.45, 2.75) is 6.04 Å². The van der Waals surface area contributed by atoms with E-state index < -0.39 is 0 Å². The Morgan fingerprint density at radius 2 is 1.91 bits per heavy atom. The molecular formula is C19H13N3. The van der Waals surface area contributed by atoms with Gasteiger partial charge in [0.1, 0.15) is 6.04 Å². The molecule has 1 aliphatic carbocycles. The lowest BCUT2D eigenvalue weighted by Gasteiger charge is -2.25. The van der Waals surface area contributed by atoms with Gasteiger partial charge in [0.05, 0.1) is 16.7 Å². The van der Waals surface area contributed by atoms with Gasteiger partial charge in [-0.3, -0.25) is 9.98 Å².